The summed E-state index contributed by atoms with van der Waals surface area (Å²) in [5.41, 5.74) is 0.243. The van der Waals surface area contributed by atoms with Crippen LogP contribution in [-0.2, 0) is 0 Å². The van der Waals surface area contributed by atoms with E-state index >= 15 is 0 Å². The van der Waals surface area contributed by atoms with E-state index in [0.717, 1.165) is 32.0 Å². The SMILES string of the molecule is CN1CCC(CNC(=O)Nc2cccc(OC(F)(F)F)c2)CC1. The molecule has 1 aliphatic rings. The van der Waals surface area contributed by atoms with E-state index in [9.17, 15) is 18.0 Å². The number of carbonyl (C=O) groups is 1. The zero-order chi connectivity index (χ0) is 16.9. The van der Waals surface area contributed by atoms with E-state index in [-0.39, 0.29) is 11.4 Å². The van der Waals surface area contributed by atoms with Gasteiger partial charge in [-0.15, -0.1) is 13.2 Å². The Morgan fingerprint density at radius 3 is 2.70 bits per heavy atom. The van der Waals surface area contributed by atoms with Gasteiger partial charge in [0.25, 0.3) is 0 Å². The maximum Gasteiger partial charge on any atom is 0.573 e. The molecule has 128 valence electrons. The second-order valence-electron chi connectivity index (χ2n) is 5.66. The Balaban J connectivity index is 1.79. The van der Waals surface area contributed by atoms with E-state index in [2.05, 4.69) is 27.3 Å². The fraction of sp³-hybridized carbons (Fsp3) is 0.533. The van der Waals surface area contributed by atoms with Crippen molar-refractivity contribution >= 4 is 11.7 Å². The van der Waals surface area contributed by atoms with E-state index in [4.69, 9.17) is 0 Å². The molecular weight excluding hydrogens is 311 g/mol. The van der Waals surface area contributed by atoms with Crippen LogP contribution in [0.1, 0.15) is 12.8 Å². The van der Waals surface area contributed by atoms with Crippen molar-refractivity contribution in [2.24, 2.45) is 5.92 Å². The van der Waals surface area contributed by atoms with Crippen molar-refractivity contribution < 1.29 is 22.7 Å². The predicted molar refractivity (Wildman–Crippen MR) is 80.4 cm³/mol. The summed E-state index contributed by atoms with van der Waals surface area (Å²) in [5, 5.41) is 5.26. The van der Waals surface area contributed by atoms with Crippen LogP contribution in [-0.4, -0.2) is 44.0 Å². The highest BCUT2D eigenvalue weighted by Gasteiger charge is 2.31. The van der Waals surface area contributed by atoms with Crippen molar-refractivity contribution in [1.29, 1.82) is 0 Å². The number of piperidine rings is 1. The molecule has 0 spiro atoms. The second kappa shape index (κ2) is 7.54. The number of halogens is 3. The van der Waals surface area contributed by atoms with Crippen LogP contribution in [0.4, 0.5) is 23.7 Å². The Kier molecular flexibility index (Phi) is 5.70. The Morgan fingerprint density at radius 1 is 1.35 bits per heavy atom. The minimum Gasteiger partial charge on any atom is -0.406 e. The standard InChI is InChI=1S/C15H20F3N3O2/c1-21-7-5-11(6-8-21)10-19-14(22)20-12-3-2-4-13(9-12)23-15(16,17)18/h2-4,9,11H,5-8,10H2,1H3,(H2,19,20,22). The minimum absolute atomic E-state index is 0.243. The summed E-state index contributed by atoms with van der Waals surface area (Å²) in [5.74, 6) is 0.0578. The van der Waals surface area contributed by atoms with Gasteiger partial charge in [0, 0.05) is 18.3 Å². The predicted octanol–water partition coefficient (Wildman–Crippen LogP) is 3.05. The maximum absolute atomic E-state index is 12.2. The van der Waals surface area contributed by atoms with E-state index in [0.29, 0.717) is 12.5 Å². The van der Waals surface area contributed by atoms with E-state index in [1.807, 2.05) is 0 Å². The van der Waals surface area contributed by atoms with Crippen LogP contribution >= 0.6 is 0 Å². The molecule has 1 aromatic rings. The molecule has 0 radical (unpaired) electrons. The molecule has 5 nitrogen and oxygen atoms in total. The minimum atomic E-state index is -4.75. The average molecular weight is 331 g/mol. The Hall–Kier alpha value is -1.96. The second-order valence-corrected chi connectivity index (χ2v) is 5.66. The Bertz CT molecular complexity index is 529. The van der Waals surface area contributed by atoms with E-state index < -0.39 is 12.4 Å². The monoisotopic (exact) mass is 331 g/mol. The van der Waals surface area contributed by atoms with Crippen molar-refractivity contribution in [3.8, 4) is 5.75 Å². The average Bonchev–Trinajstić information content (AvgIpc) is 2.45. The third-order valence-corrected chi connectivity index (χ3v) is 3.71. The molecular formula is C15H20F3N3O2. The lowest BCUT2D eigenvalue weighted by Crippen LogP contribution is -2.38. The fourth-order valence-electron chi connectivity index (χ4n) is 2.45. The lowest BCUT2D eigenvalue weighted by molar-refractivity contribution is -0.274. The van der Waals surface area contributed by atoms with Crippen LogP contribution in [0.2, 0.25) is 0 Å². The zero-order valence-corrected chi connectivity index (χ0v) is 12.8. The molecule has 8 heteroatoms. The summed E-state index contributed by atoms with van der Waals surface area (Å²) in [6.45, 7) is 2.56. The third kappa shape index (κ3) is 6.35. The third-order valence-electron chi connectivity index (χ3n) is 3.71. The quantitative estimate of drug-likeness (QED) is 0.892. The zero-order valence-electron chi connectivity index (χ0n) is 12.8. The molecule has 0 atom stereocenters. The topological polar surface area (TPSA) is 53.6 Å². The van der Waals surface area contributed by atoms with Crippen molar-refractivity contribution in [3.63, 3.8) is 0 Å². The normalized spacial score (nSPS) is 16.9. The molecule has 1 aromatic carbocycles. The number of nitrogens with one attached hydrogen (secondary N) is 2. The van der Waals surface area contributed by atoms with Crippen LogP contribution in [0.15, 0.2) is 24.3 Å². The van der Waals surface area contributed by atoms with Crippen molar-refractivity contribution in [2.45, 2.75) is 19.2 Å². The molecule has 1 saturated heterocycles. The first kappa shape index (κ1) is 17.4. The summed E-state index contributed by atoms with van der Waals surface area (Å²) in [7, 11) is 2.06. The number of urea groups is 1. The summed E-state index contributed by atoms with van der Waals surface area (Å²) in [6.07, 6.45) is -2.72. The van der Waals surface area contributed by atoms with Crippen molar-refractivity contribution in [1.82, 2.24) is 10.2 Å². The number of hydrogen-bond donors (Lipinski definition) is 2. The molecule has 0 aromatic heterocycles. The fourth-order valence-corrected chi connectivity index (χ4v) is 2.45. The van der Waals surface area contributed by atoms with Gasteiger partial charge in [-0.2, -0.15) is 0 Å². The van der Waals surface area contributed by atoms with Gasteiger partial charge in [0.05, 0.1) is 0 Å². The number of rotatable bonds is 4. The maximum atomic E-state index is 12.2. The molecule has 0 saturated carbocycles. The number of amides is 2. The van der Waals surface area contributed by atoms with Crippen LogP contribution in [0.5, 0.6) is 5.75 Å². The molecule has 2 rings (SSSR count). The summed E-state index contributed by atoms with van der Waals surface area (Å²) >= 11 is 0. The number of nitrogens with zero attached hydrogens (tertiary/aromatic N) is 1. The van der Waals surface area contributed by atoms with Crippen LogP contribution < -0.4 is 15.4 Å². The van der Waals surface area contributed by atoms with Gasteiger partial charge in [-0.1, -0.05) is 6.07 Å². The lowest BCUT2D eigenvalue weighted by Gasteiger charge is -2.28. The number of likely N-dealkylation sites (tertiary alicyclic amines) is 1. The molecule has 2 amide bonds. The highest BCUT2D eigenvalue weighted by Crippen LogP contribution is 2.25. The highest BCUT2D eigenvalue weighted by atomic mass is 19.4. The number of anilines is 1. The van der Waals surface area contributed by atoms with Crippen LogP contribution in [0.3, 0.4) is 0 Å². The van der Waals surface area contributed by atoms with E-state index in [1.54, 1.807) is 0 Å². The van der Waals surface area contributed by atoms with Crippen LogP contribution in [0.25, 0.3) is 0 Å². The molecule has 1 heterocycles. The molecule has 0 bridgehead atoms. The Morgan fingerprint density at radius 2 is 2.04 bits per heavy atom. The number of ether oxygens (including phenoxy) is 1. The van der Waals surface area contributed by atoms with Gasteiger partial charge in [0.1, 0.15) is 5.75 Å². The Labute approximate surface area is 132 Å². The van der Waals surface area contributed by atoms with Gasteiger partial charge in [-0.05, 0) is 51.0 Å². The first-order valence-corrected chi connectivity index (χ1v) is 7.41. The molecule has 1 fully saturated rings. The number of carbonyl (C=O) groups excluding carboxylic acids is 1. The molecule has 0 aliphatic carbocycles. The van der Waals surface area contributed by atoms with Gasteiger partial charge in [-0.3, -0.25) is 0 Å². The summed E-state index contributed by atoms with van der Waals surface area (Å²) < 4.78 is 40.3. The highest BCUT2D eigenvalue weighted by molar-refractivity contribution is 5.89. The van der Waals surface area contributed by atoms with Gasteiger partial charge in [0.2, 0.25) is 0 Å². The number of alkyl halides is 3. The van der Waals surface area contributed by atoms with Gasteiger partial charge in [-0.25, -0.2) is 4.79 Å². The van der Waals surface area contributed by atoms with Gasteiger partial charge >= 0.3 is 12.4 Å². The largest absolute Gasteiger partial charge is 0.573 e. The van der Waals surface area contributed by atoms with Gasteiger partial charge in [0.15, 0.2) is 0 Å². The van der Waals surface area contributed by atoms with Crippen LogP contribution in [0, 0.1) is 5.92 Å². The van der Waals surface area contributed by atoms with Gasteiger partial charge < -0.3 is 20.3 Å². The van der Waals surface area contributed by atoms with E-state index in [1.165, 1.54) is 18.2 Å². The lowest BCUT2D eigenvalue weighted by atomic mass is 9.97. The first-order valence-electron chi connectivity index (χ1n) is 7.41. The number of benzene rings is 1. The summed E-state index contributed by atoms with van der Waals surface area (Å²) in [4.78, 5) is 14.1. The molecule has 23 heavy (non-hydrogen) atoms. The molecule has 1 aliphatic heterocycles. The first-order chi connectivity index (χ1) is 10.8. The summed E-state index contributed by atoms with van der Waals surface area (Å²) in [6, 6.07) is 4.75. The van der Waals surface area contributed by atoms with Crippen molar-refractivity contribution in [3.05, 3.63) is 24.3 Å². The molecule has 0 unspecified atom stereocenters. The smallest absolute Gasteiger partial charge is 0.406 e. The molecule has 2 N–H and O–H groups in total. The number of hydrogen-bond acceptors (Lipinski definition) is 3. The van der Waals surface area contributed by atoms with Crippen molar-refractivity contribution in [2.75, 3.05) is 32.0 Å².